The van der Waals surface area contributed by atoms with Crippen LogP contribution in [0.5, 0.6) is 0 Å². The summed E-state index contributed by atoms with van der Waals surface area (Å²) in [6.07, 6.45) is 5.52. The van der Waals surface area contributed by atoms with Gasteiger partial charge in [-0.2, -0.15) is 0 Å². The first-order valence-electron chi connectivity index (χ1n) is 10.5. The monoisotopic (exact) mass is 353 g/mol. The van der Waals surface area contributed by atoms with E-state index in [-0.39, 0.29) is 11.2 Å². The molecule has 3 nitrogen and oxygen atoms in total. The summed E-state index contributed by atoms with van der Waals surface area (Å²) in [6.45, 7) is 21.3. The van der Waals surface area contributed by atoms with Gasteiger partial charge in [-0.25, -0.2) is 0 Å². The molecule has 3 heteroatoms. The van der Waals surface area contributed by atoms with Crippen LogP contribution in [0.1, 0.15) is 81.1 Å². The summed E-state index contributed by atoms with van der Waals surface area (Å²) >= 11 is 0. The second-order valence-electron chi connectivity index (χ2n) is 10.6. The highest BCUT2D eigenvalue weighted by Gasteiger charge is 2.38. The third-order valence-corrected chi connectivity index (χ3v) is 6.10. The van der Waals surface area contributed by atoms with Crippen molar-refractivity contribution in [1.29, 1.82) is 0 Å². The molecular weight excluding hydrogens is 310 g/mol. The fourth-order valence-corrected chi connectivity index (χ4v) is 4.46. The Hall–Kier alpha value is -0.120. The molecule has 2 fully saturated rings. The summed E-state index contributed by atoms with van der Waals surface area (Å²) in [5, 5.41) is 0. The van der Waals surface area contributed by atoms with Crippen molar-refractivity contribution in [2.45, 2.75) is 104 Å². The number of rotatable bonds is 6. The maximum absolute atomic E-state index is 6.10. The molecule has 25 heavy (non-hydrogen) atoms. The van der Waals surface area contributed by atoms with Crippen molar-refractivity contribution in [2.75, 3.05) is 19.7 Å². The first kappa shape index (κ1) is 21.2. The van der Waals surface area contributed by atoms with Gasteiger partial charge in [-0.3, -0.25) is 0 Å². The minimum Gasteiger partial charge on any atom is -0.376 e. The molecule has 2 aliphatic rings. The Morgan fingerprint density at radius 1 is 0.960 bits per heavy atom. The van der Waals surface area contributed by atoms with Gasteiger partial charge in [0.15, 0.2) is 0 Å². The van der Waals surface area contributed by atoms with Crippen LogP contribution in [0.3, 0.4) is 0 Å². The Labute approximate surface area is 156 Å². The predicted molar refractivity (Wildman–Crippen MR) is 106 cm³/mol. The van der Waals surface area contributed by atoms with E-state index in [4.69, 9.17) is 9.47 Å². The summed E-state index contributed by atoms with van der Waals surface area (Å²) in [4.78, 5) is 2.74. The SMILES string of the molecule is CC1C(CCOC(C)(C)C)CCN(CC2CC(OC(C)(C)C)C2)C1C. The van der Waals surface area contributed by atoms with Gasteiger partial charge >= 0.3 is 0 Å². The van der Waals surface area contributed by atoms with Gasteiger partial charge in [-0.05, 0) is 98.4 Å². The van der Waals surface area contributed by atoms with Gasteiger partial charge < -0.3 is 14.4 Å². The van der Waals surface area contributed by atoms with Gasteiger partial charge in [-0.1, -0.05) is 6.92 Å². The summed E-state index contributed by atoms with van der Waals surface area (Å²) in [6, 6.07) is 0.691. The summed E-state index contributed by atoms with van der Waals surface area (Å²) in [5.74, 6) is 2.41. The molecule has 148 valence electrons. The van der Waals surface area contributed by atoms with Crippen LogP contribution < -0.4 is 0 Å². The van der Waals surface area contributed by atoms with Gasteiger partial charge in [0.1, 0.15) is 0 Å². The van der Waals surface area contributed by atoms with Crippen molar-refractivity contribution in [3.8, 4) is 0 Å². The molecule has 0 N–H and O–H groups in total. The van der Waals surface area contributed by atoms with Crippen LogP contribution in [0.15, 0.2) is 0 Å². The zero-order valence-corrected chi connectivity index (χ0v) is 18.1. The van der Waals surface area contributed by atoms with E-state index in [9.17, 15) is 0 Å². The Kier molecular flexibility index (Phi) is 7.01. The number of hydrogen-bond donors (Lipinski definition) is 0. The van der Waals surface area contributed by atoms with Gasteiger partial charge in [0.05, 0.1) is 17.3 Å². The number of ether oxygens (including phenoxy) is 2. The maximum Gasteiger partial charge on any atom is 0.0602 e. The van der Waals surface area contributed by atoms with Crippen LogP contribution in [0.4, 0.5) is 0 Å². The largest absolute Gasteiger partial charge is 0.376 e. The van der Waals surface area contributed by atoms with Gasteiger partial charge in [0, 0.05) is 19.2 Å². The Morgan fingerprint density at radius 3 is 2.16 bits per heavy atom. The number of likely N-dealkylation sites (tertiary alicyclic amines) is 1. The smallest absolute Gasteiger partial charge is 0.0602 e. The Bertz CT molecular complexity index is 403. The average molecular weight is 354 g/mol. The van der Waals surface area contributed by atoms with Gasteiger partial charge in [0.25, 0.3) is 0 Å². The molecule has 1 saturated heterocycles. The van der Waals surface area contributed by atoms with Crippen molar-refractivity contribution >= 4 is 0 Å². The van der Waals surface area contributed by atoms with Crippen LogP contribution in [0.25, 0.3) is 0 Å². The van der Waals surface area contributed by atoms with E-state index in [0.717, 1.165) is 24.4 Å². The summed E-state index contributed by atoms with van der Waals surface area (Å²) in [7, 11) is 0. The molecule has 0 spiro atoms. The minimum absolute atomic E-state index is 0.00487. The van der Waals surface area contributed by atoms with E-state index in [2.05, 4.69) is 60.3 Å². The molecule has 0 aromatic heterocycles. The average Bonchev–Trinajstić information content (AvgIpc) is 2.41. The fraction of sp³-hybridized carbons (Fsp3) is 1.00. The maximum atomic E-state index is 6.10. The molecule has 1 aliphatic heterocycles. The molecule has 3 atom stereocenters. The van der Waals surface area contributed by atoms with Crippen molar-refractivity contribution in [3.05, 3.63) is 0 Å². The predicted octanol–water partition coefficient (Wildman–Crippen LogP) is 5.13. The van der Waals surface area contributed by atoms with E-state index in [1.807, 2.05) is 0 Å². The standard InChI is InChI=1S/C22H43NO2/c1-16-17(2)23(11-9-19(16)10-12-24-21(3,4)5)15-18-13-20(14-18)25-22(6,7)8/h16-20H,9-15H2,1-8H3. The van der Waals surface area contributed by atoms with E-state index >= 15 is 0 Å². The molecule has 0 bridgehead atoms. The first-order valence-corrected chi connectivity index (χ1v) is 10.5. The number of hydrogen-bond acceptors (Lipinski definition) is 3. The lowest BCUT2D eigenvalue weighted by Crippen LogP contribution is -2.51. The quantitative estimate of drug-likeness (QED) is 0.660. The fourth-order valence-electron chi connectivity index (χ4n) is 4.46. The zero-order valence-electron chi connectivity index (χ0n) is 18.1. The van der Waals surface area contributed by atoms with Crippen molar-refractivity contribution in [1.82, 2.24) is 4.90 Å². The van der Waals surface area contributed by atoms with Crippen LogP contribution in [-0.4, -0.2) is 47.9 Å². The van der Waals surface area contributed by atoms with Crippen LogP contribution in [0.2, 0.25) is 0 Å². The molecule has 0 radical (unpaired) electrons. The van der Waals surface area contributed by atoms with Crippen molar-refractivity contribution < 1.29 is 9.47 Å². The lowest BCUT2D eigenvalue weighted by atomic mass is 9.77. The Balaban J connectivity index is 1.70. The molecular formula is C22H43NO2. The van der Waals surface area contributed by atoms with Gasteiger partial charge in [0.2, 0.25) is 0 Å². The molecule has 0 aromatic carbocycles. The zero-order chi connectivity index (χ0) is 18.8. The topological polar surface area (TPSA) is 21.7 Å². The van der Waals surface area contributed by atoms with Crippen molar-refractivity contribution in [3.63, 3.8) is 0 Å². The third kappa shape index (κ3) is 6.84. The molecule has 0 aromatic rings. The van der Waals surface area contributed by atoms with Crippen LogP contribution >= 0.6 is 0 Å². The molecule has 1 heterocycles. The van der Waals surface area contributed by atoms with E-state index < -0.39 is 0 Å². The highest BCUT2D eigenvalue weighted by molar-refractivity contribution is 4.90. The highest BCUT2D eigenvalue weighted by atomic mass is 16.5. The highest BCUT2D eigenvalue weighted by Crippen LogP contribution is 2.37. The third-order valence-electron chi connectivity index (χ3n) is 6.10. The normalized spacial score (nSPS) is 34.8. The second-order valence-corrected chi connectivity index (χ2v) is 10.6. The molecule has 2 rings (SSSR count). The summed E-state index contributed by atoms with van der Waals surface area (Å²) in [5.41, 5.74) is -0.00361. The molecule has 0 amide bonds. The minimum atomic E-state index is -0.00849. The molecule has 3 unspecified atom stereocenters. The van der Waals surface area contributed by atoms with E-state index in [1.165, 1.54) is 38.8 Å². The van der Waals surface area contributed by atoms with Crippen LogP contribution in [0, 0.1) is 17.8 Å². The molecule has 1 aliphatic carbocycles. The Morgan fingerprint density at radius 2 is 1.60 bits per heavy atom. The lowest BCUT2D eigenvalue weighted by molar-refractivity contribution is -0.119. The lowest BCUT2D eigenvalue weighted by Gasteiger charge is -2.47. The van der Waals surface area contributed by atoms with Crippen molar-refractivity contribution in [2.24, 2.45) is 17.8 Å². The second kappa shape index (κ2) is 8.27. The number of nitrogens with zero attached hydrogens (tertiary/aromatic N) is 1. The van der Waals surface area contributed by atoms with E-state index in [0.29, 0.717) is 12.1 Å². The van der Waals surface area contributed by atoms with Gasteiger partial charge in [-0.15, -0.1) is 0 Å². The van der Waals surface area contributed by atoms with E-state index in [1.54, 1.807) is 0 Å². The molecule has 1 saturated carbocycles. The number of piperidine rings is 1. The summed E-state index contributed by atoms with van der Waals surface area (Å²) < 4.78 is 12.1. The van der Waals surface area contributed by atoms with Crippen LogP contribution in [-0.2, 0) is 9.47 Å². The first-order chi connectivity index (χ1) is 11.4.